The van der Waals surface area contributed by atoms with Crippen molar-refractivity contribution in [3.8, 4) is 27.9 Å². The molecule has 44 heavy (non-hydrogen) atoms. The molecule has 0 amide bonds. The largest absolute Gasteiger partial charge is 0.309 e. The van der Waals surface area contributed by atoms with Gasteiger partial charge in [0.05, 0.1) is 11.0 Å². The number of hydrogen-bond acceptors (Lipinski definition) is 1. The van der Waals surface area contributed by atoms with Crippen LogP contribution in [0.5, 0.6) is 0 Å². The van der Waals surface area contributed by atoms with Crippen LogP contribution in [-0.2, 0) is 0 Å². The maximum atomic E-state index is 2.44. The summed E-state index contributed by atoms with van der Waals surface area (Å²) in [4.78, 5) is 2.66. The second-order valence-electron chi connectivity index (χ2n) is 11.7. The van der Waals surface area contributed by atoms with E-state index >= 15 is 0 Å². The molecule has 1 nitrogen and oxygen atoms in total. The van der Waals surface area contributed by atoms with Gasteiger partial charge in [-0.15, -0.1) is 0 Å². The molecule has 2 heteroatoms. The van der Waals surface area contributed by atoms with Crippen LogP contribution in [0.4, 0.5) is 0 Å². The van der Waals surface area contributed by atoms with Gasteiger partial charge in [-0.1, -0.05) is 121 Å². The molecule has 0 unspecified atom stereocenters. The van der Waals surface area contributed by atoms with Crippen molar-refractivity contribution in [1.82, 2.24) is 4.57 Å². The van der Waals surface area contributed by atoms with Crippen molar-refractivity contribution >= 4 is 65.9 Å². The average molecular weight is 576 g/mol. The lowest BCUT2D eigenvalue weighted by molar-refractivity contribution is 1.18. The first-order valence-corrected chi connectivity index (χ1v) is 15.9. The van der Waals surface area contributed by atoms with Gasteiger partial charge < -0.3 is 4.57 Å². The standard InChI is InChI=1S/C42H25NS/c1-3-11-32-27(7-1)17-22-36-41(32)42-33-12-4-2-8-28(33)18-23-37(42)43(36)31-20-15-26(16-21-31)30-19-24-38-35(25-30)34-13-5-9-29-10-6-14-39(44-38)40(29)34/h1-25H. The summed E-state index contributed by atoms with van der Waals surface area (Å²) in [6.45, 7) is 0. The number of benzene rings is 8. The van der Waals surface area contributed by atoms with Gasteiger partial charge in [-0.05, 0) is 91.6 Å². The monoisotopic (exact) mass is 575 g/mol. The van der Waals surface area contributed by atoms with E-state index in [0.29, 0.717) is 0 Å². The Morgan fingerprint density at radius 1 is 0.386 bits per heavy atom. The van der Waals surface area contributed by atoms with E-state index in [1.54, 1.807) is 0 Å². The molecular formula is C42H25NS. The van der Waals surface area contributed by atoms with Crippen LogP contribution in [0.2, 0.25) is 0 Å². The first-order chi connectivity index (χ1) is 21.8. The molecule has 0 aliphatic carbocycles. The summed E-state index contributed by atoms with van der Waals surface area (Å²) in [6.07, 6.45) is 0. The molecular weight excluding hydrogens is 551 g/mol. The molecule has 8 aromatic carbocycles. The van der Waals surface area contributed by atoms with Crippen molar-refractivity contribution in [2.75, 3.05) is 0 Å². The Hall–Kier alpha value is -5.31. The molecule has 0 fully saturated rings. The van der Waals surface area contributed by atoms with Crippen LogP contribution >= 0.6 is 11.8 Å². The van der Waals surface area contributed by atoms with E-state index in [9.17, 15) is 0 Å². The Bertz CT molecular complexity index is 2530. The second-order valence-corrected chi connectivity index (χ2v) is 12.8. The van der Waals surface area contributed by atoms with E-state index in [-0.39, 0.29) is 0 Å². The highest BCUT2D eigenvalue weighted by Crippen LogP contribution is 2.49. The third kappa shape index (κ3) is 3.37. The zero-order valence-corrected chi connectivity index (χ0v) is 24.6. The SMILES string of the molecule is c1cc2c3c(cccc3c1)-c1cc(-c3ccc(-n4c5ccc6ccccc6c5c5c6ccccc6ccc54)cc3)ccc1S2. The topological polar surface area (TPSA) is 4.93 Å². The first kappa shape index (κ1) is 24.2. The summed E-state index contributed by atoms with van der Waals surface area (Å²) in [7, 11) is 0. The zero-order chi connectivity index (χ0) is 28.8. The Balaban J connectivity index is 1.16. The lowest BCUT2D eigenvalue weighted by Gasteiger charge is -2.21. The van der Waals surface area contributed by atoms with Crippen molar-refractivity contribution in [3.05, 3.63) is 152 Å². The van der Waals surface area contributed by atoms with Gasteiger partial charge >= 0.3 is 0 Å². The van der Waals surface area contributed by atoms with Gasteiger partial charge in [-0.3, -0.25) is 0 Å². The predicted octanol–water partition coefficient (Wildman–Crippen LogP) is 12.0. The molecule has 10 rings (SSSR count). The smallest absolute Gasteiger partial charge is 0.0547 e. The minimum atomic E-state index is 1.17. The lowest BCUT2D eigenvalue weighted by Crippen LogP contribution is -1.95. The van der Waals surface area contributed by atoms with Gasteiger partial charge in [0, 0.05) is 31.6 Å². The predicted molar refractivity (Wildman–Crippen MR) is 188 cm³/mol. The summed E-state index contributed by atoms with van der Waals surface area (Å²) in [5.74, 6) is 0. The summed E-state index contributed by atoms with van der Waals surface area (Å²) < 4.78 is 2.44. The Kier molecular flexibility index (Phi) is 5.00. The van der Waals surface area contributed by atoms with Gasteiger partial charge in [0.15, 0.2) is 0 Å². The van der Waals surface area contributed by atoms with Gasteiger partial charge in [0.25, 0.3) is 0 Å². The molecule has 2 heterocycles. The average Bonchev–Trinajstić information content (AvgIpc) is 3.44. The van der Waals surface area contributed by atoms with Crippen molar-refractivity contribution in [2.24, 2.45) is 0 Å². The number of hydrogen-bond donors (Lipinski definition) is 0. The Morgan fingerprint density at radius 2 is 1.00 bits per heavy atom. The molecule has 0 saturated carbocycles. The number of rotatable bonds is 2. The summed E-state index contributed by atoms with van der Waals surface area (Å²) >= 11 is 1.88. The molecule has 0 bridgehead atoms. The van der Waals surface area contributed by atoms with Crippen molar-refractivity contribution in [1.29, 1.82) is 0 Å². The van der Waals surface area contributed by atoms with Gasteiger partial charge in [0.2, 0.25) is 0 Å². The number of nitrogens with zero attached hydrogens (tertiary/aromatic N) is 1. The molecule has 9 aromatic rings. The molecule has 1 aromatic heterocycles. The van der Waals surface area contributed by atoms with E-state index in [2.05, 4.69) is 156 Å². The highest BCUT2D eigenvalue weighted by Gasteiger charge is 2.20. The van der Waals surface area contributed by atoms with E-state index in [0.717, 1.165) is 0 Å². The highest BCUT2D eigenvalue weighted by molar-refractivity contribution is 7.99. The fourth-order valence-electron chi connectivity index (χ4n) is 7.37. The minimum Gasteiger partial charge on any atom is -0.309 e. The fraction of sp³-hybridized carbons (Fsp3) is 0. The third-order valence-electron chi connectivity index (χ3n) is 9.36. The van der Waals surface area contributed by atoms with Crippen LogP contribution in [0, 0.1) is 0 Å². The molecule has 204 valence electrons. The number of aromatic nitrogens is 1. The second kappa shape index (κ2) is 9.09. The van der Waals surface area contributed by atoms with Crippen LogP contribution in [-0.4, -0.2) is 4.57 Å². The van der Waals surface area contributed by atoms with Crippen LogP contribution in [0.15, 0.2) is 161 Å². The van der Waals surface area contributed by atoms with Gasteiger partial charge in [-0.25, -0.2) is 0 Å². The summed E-state index contributed by atoms with van der Waals surface area (Å²) in [5.41, 5.74) is 8.76. The van der Waals surface area contributed by atoms with Crippen LogP contribution < -0.4 is 0 Å². The van der Waals surface area contributed by atoms with Crippen molar-refractivity contribution in [3.63, 3.8) is 0 Å². The normalized spacial score (nSPS) is 12.5. The molecule has 1 aliphatic heterocycles. The minimum absolute atomic E-state index is 1.17. The van der Waals surface area contributed by atoms with Crippen molar-refractivity contribution in [2.45, 2.75) is 9.79 Å². The molecule has 0 saturated heterocycles. The highest BCUT2D eigenvalue weighted by atomic mass is 32.2. The third-order valence-corrected chi connectivity index (χ3v) is 10.5. The van der Waals surface area contributed by atoms with Crippen LogP contribution in [0.1, 0.15) is 0 Å². The summed E-state index contributed by atoms with van der Waals surface area (Å²) in [6, 6.07) is 56.0. The first-order valence-electron chi connectivity index (χ1n) is 15.1. The molecule has 0 radical (unpaired) electrons. The number of fused-ring (bicyclic) bond motifs is 9. The summed E-state index contributed by atoms with van der Waals surface area (Å²) in [5, 5.41) is 10.4. The molecule has 0 spiro atoms. The zero-order valence-electron chi connectivity index (χ0n) is 23.8. The van der Waals surface area contributed by atoms with Gasteiger partial charge in [-0.2, -0.15) is 0 Å². The van der Waals surface area contributed by atoms with Gasteiger partial charge in [0.1, 0.15) is 0 Å². The van der Waals surface area contributed by atoms with E-state index in [1.807, 2.05) is 11.8 Å². The van der Waals surface area contributed by atoms with E-state index in [1.165, 1.54) is 91.9 Å². The Morgan fingerprint density at radius 3 is 1.70 bits per heavy atom. The molecule has 1 aliphatic rings. The van der Waals surface area contributed by atoms with Crippen LogP contribution in [0.3, 0.4) is 0 Å². The molecule has 0 atom stereocenters. The Labute approximate surface area is 259 Å². The maximum Gasteiger partial charge on any atom is 0.0547 e. The van der Waals surface area contributed by atoms with Crippen LogP contribution in [0.25, 0.3) is 82.1 Å². The van der Waals surface area contributed by atoms with Crippen molar-refractivity contribution < 1.29 is 0 Å². The fourth-order valence-corrected chi connectivity index (χ4v) is 8.50. The maximum absolute atomic E-state index is 2.44. The lowest BCUT2D eigenvalue weighted by atomic mass is 9.94. The quantitative estimate of drug-likeness (QED) is 0.198. The molecule has 0 N–H and O–H groups in total. The van der Waals surface area contributed by atoms with E-state index in [4.69, 9.17) is 0 Å². The van der Waals surface area contributed by atoms with E-state index < -0.39 is 0 Å².